The third-order valence-electron chi connectivity index (χ3n) is 1.71. The molecule has 1 unspecified atom stereocenters. The predicted octanol–water partition coefficient (Wildman–Crippen LogP) is 0.686. The highest BCUT2D eigenvalue weighted by molar-refractivity contribution is 5.50. The van der Waals surface area contributed by atoms with E-state index in [1.54, 1.807) is 0 Å². The molecule has 0 aliphatic rings. The minimum atomic E-state index is 0.205. The molecule has 0 aliphatic heterocycles. The molecule has 60 valence electrons. The number of nitrogens with zero attached hydrogens (tertiary/aromatic N) is 1. The van der Waals surface area contributed by atoms with Gasteiger partial charge in [0, 0.05) is 19.7 Å². The van der Waals surface area contributed by atoms with Gasteiger partial charge in [-0.25, -0.2) is 0 Å². The monoisotopic (exact) mass is 144 g/mol. The van der Waals surface area contributed by atoms with Crippen molar-refractivity contribution >= 4 is 6.34 Å². The van der Waals surface area contributed by atoms with E-state index in [1.165, 1.54) is 6.34 Å². The third-order valence-corrected chi connectivity index (χ3v) is 1.71. The van der Waals surface area contributed by atoms with Crippen LogP contribution >= 0.6 is 0 Å². The summed E-state index contributed by atoms with van der Waals surface area (Å²) >= 11 is 0. The Morgan fingerprint density at radius 1 is 1.70 bits per heavy atom. The van der Waals surface area contributed by atoms with Crippen LogP contribution in [-0.4, -0.2) is 36.0 Å². The van der Waals surface area contributed by atoms with E-state index in [0.29, 0.717) is 6.04 Å². The number of aliphatic hydroxyl groups is 1. The largest absolute Gasteiger partial charge is 0.396 e. The first kappa shape index (κ1) is 9.43. The molecule has 0 amide bonds. The summed E-state index contributed by atoms with van der Waals surface area (Å²) in [5.74, 6) is 0. The van der Waals surface area contributed by atoms with E-state index in [0.717, 1.165) is 12.8 Å². The second-order valence-electron chi connectivity index (χ2n) is 2.37. The van der Waals surface area contributed by atoms with Crippen LogP contribution in [0.2, 0.25) is 0 Å². The topological polar surface area (TPSA) is 47.3 Å². The van der Waals surface area contributed by atoms with Gasteiger partial charge >= 0.3 is 0 Å². The molecule has 0 aromatic rings. The van der Waals surface area contributed by atoms with Crippen LogP contribution in [0.4, 0.5) is 0 Å². The number of hydrogen-bond donors (Lipinski definition) is 2. The third kappa shape index (κ3) is 2.82. The molecule has 0 aromatic carbocycles. The normalized spacial score (nSPS) is 12.7. The van der Waals surface area contributed by atoms with E-state index in [1.807, 2.05) is 11.9 Å². The maximum absolute atomic E-state index is 8.61. The molecule has 0 saturated carbocycles. The summed E-state index contributed by atoms with van der Waals surface area (Å²) in [5, 5.41) is 15.6. The molecular weight excluding hydrogens is 128 g/mol. The number of rotatable bonds is 5. The zero-order valence-corrected chi connectivity index (χ0v) is 6.67. The zero-order chi connectivity index (χ0) is 7.98. The zero-order valence-electron chi connectivity index (χ0n) is 6.67. The van der Waals surface area contributed by atoms with Crippen LogP contribution in [-0.2, 0) is 0 Å². The summed E-state index contributed by atoms with van der Waals surface area (Å²) in [6.07, 6.45) is 3.03. The Morgan fingerprint density at radius 2 is 2.30 bits per heavy atom. The smallest absolute Gasteiger partial charge is 0.0817 e. The fourth-order valence-electron chi connectivity index (χ4n) is 0.950. The average Bonchev–Trinajstić information content (AvgIpc) is 1.99. The molecule has 0 fully saturated rings. The molecule has 0 rings (SSSR count). The second kappa shape index (κ2) is 5.23. The molecule has 10 heavy (non-hydrogen) atoms. The minimum absolute atomic E-state index is 0.205. The van der Waals surface area contributed by atoms with E-state index < -0.39 is 0 Å². The highest BCUT2D eigenvalue weighted by Crippen LogP contribution is 2.02. The van der Waals surface area contributed by atoms with Gasteiger partial charge in [-0.15, -0.1) is 0 Å². The summed E-state index contributed by atoms with van der Waals surface area (Å²) < 4.78 is 0. The van der Waals surface area contributed by atoms with Gasteiger partial charge in [0.1, 0.15) is 0 Å². The highest BCUT2D eigenvalue weighted by atomic mass is 16.3. The maximum atomic E-state index is 8.61. The summed E-state index contributed by atoms with van der Waals surface area (Å²) in [6, 6.07) is 0.322. The second-order valence-corrected chi connectivity index (χ2v) is 2.37. The number of aliphatic hydroxyl groups excluding tert-OH is 1. The molecule has 2 N–H and O–H groups in total. The SMILES string of the molecule is CCC(CCO)N(C)C=N. The van der Waals surface area contributed by atoms with E-state index in [4.69, 9.17) is 10.5 Å². The van der Waals surface area contributed by atoms with Crippen molar-refractivity contribution in [2.75, 3.05) is 13.7 Å². The first-order chi connectivity index (χ1) is 4.76. The molecule has 3 nitrogen and oxygen atoms in total. The van der Waals surface area contributed by atoms with Crippen molar-refractivity contribution in [1.82, 2.24) is 4.90 Å². The van der Waals surface area contributed by atoms with Crippen LogP contribution in [0.3, 0.4) is 0 Å². The molecule has 1 atom stereocenters. The van der Waals surface area contributed by atoms with Gasteiger partial charge < -0.3 is 10.0 Å². The van der Waals surface area contributed by atoms with Crippen molar-refractivity contribution in [1.29, 1.82) is 5.41 Å². The van der Waals surface area contributed by atoms with Crippen LogP contribution in [0, 0.1) is 5.41 Å². The maximum Gasteiger partial charge on any atom is 0.0817 e. The van der Waals surface area contributed by atoms with Gasteiger partial charge in [-0.2, -0.15) is 0 Å². The summed E-state index contributed by atoms with van der Waals surface area (Å²) in [5.41, 5.74) is 0. The van der Waals surface area contributed by atoms with E-state index in [2.05, 4.69) is 6.92 Å². The van der Waals surface area contributed by atoms with Gasteiger partial charge in [-0.3, -0.25) is 5.41 Å². The Balaban J connectivity index is 3.67. The predicted molar refractivity (Wildman–Crippen MR) is 42.3 cm³/mol. The average molecular weight is 144 g/mol. The molecule has 0 aromatic heterocycles. The first-order valence-electron chi connectivity index (χ1n) is 3.59. The van der Waals surface area contributed by atoms with Crippen LogP contribution in [0.15, 0.2) is 0 Å². The lowest BCUT2D eigenvalue weighted by Crippen LogP contribution is -2.30. The summed E-state index contributed by atoms with van der Waals surface area (Å²) in [6.45, 7) is 2.26. The van der Waals surface area contributed by atoms with Crippen molar-refractivity contribution in [3.8, 4) is 0 Å². The van der Waals surface area contributed by atoms with Crippen molar-refractivity contribution in [3.05, 3.63) is 0 Å². The van der Waals surface area contributed by atoms with Gasteiger partial charge in [0.15, 0.2) is 0 Å². The van der Waals surface area contributed by atoms with Crippen LogP contribution in [0.25, 0.3) is 0 Å². The van der Waals surface area contributed by atoms with Crippen molar-refractivity contribution in [2.45, 2.75) is 25.8 Å². The van der Waals surface area contributed by atoms with E-state index in [-0.39, 0.29) is 6.61 Å². The van der Waals surface area contributed by atoms with Crippen LogP contribution in [0.1, 0.15) is 19.8 Å². The molecule has 0 radical (unpaired) electrons. The number of nitrogens with one attached hydrogen (secondary N) is 1. The van der Waals surface area contributed by atoms with Gasteiger partial charge in [0.25, 0.3) is 0 Å². The van der Waals surface area contributed by atoms with Gasteiger partial charge in [0.2, 0.25) is 0 Å². The fourth-order valence-corrected chi connectivity index (χ4v) is 0.950. The Kier molecular flexibility index (Phi) is 4.94. The summed E-state index contributed by atoms with van der Waals surface area (Å²) in [7, 11) is 1.86. The molecule has 0 saturated heterocycles. The van der Waals surface area contributed by atoms with Gasteiger partial charge in [-0.1, -0.05) is 6.92 Å². The Morgan fingerprint density at radius 3 is 2.60 bits per heavy atom. The number of hydrogen-bond acceptors (Lipinski definition) is 2. The first-order valence-corrected chi connectivity index (χ1v) is 3.59. The van der Waals surface area contributed by atoms with Gasteiger partial charge in [-0.05, 0) is 12.8 Å². The molecule has 0 spiro atoms. The Hall–Kier alpha value is -0.570. The standard InChI is InChI=1S/C7H16N2O/c1-3-7(4-5-10)9(2)6-8/h6-8,10H,3-5H2,1-2H3. The van der Waals surface area contributed by atoms with Crippen molar-refractivity contribution < 1.29 is 5.11 Å². The van der Waals surface area contributed by atoms with Crippen molar-refractivity contribution in [2.24, 2.45) is 0 Å². The lowest BCUT2D eigenvalue weighted by Gasteiger charge is -2.23. The fraction of sp³-hybridized carbons (Fsp3) is 0.857. The molecular formula is C7H16N2O. The quantitative estimate of drug-likeness (QED) is 0.440. The van der Waals surface area contributed by atoms with Crippen LogP contribution in [0.5, 0.6) is 0 Å². The molecule has 0 aliphatic carbocycles. The Bertz CT molecular complexity index is 95.6. The molecule has 0 heterocycles. The molecule has 0 bridgehead atoms. The highest BCUT2D eigenvalue weighted by Gasteiger charge is 2.07. The van der Waals surface area contributed by atoms with Crippen molar-refractivity contribution in [3.63, 3.8) is 0 Å². The van der Waals surface area contributed by atoms with E-state index >= 15 is 0 Å². The van der Waals surface area contributed by atoms with E-state index in [9.17, 15) is 0 Å². The lowest BCUT2D eigenvalue weighted by molar-refractivity contribution is 0.233. The van der Waals surface area contributed by atoms with Crippen LogP contribution < -0.4 is 0 Å². The lowest BCUT2D eigenvalue weighted by atomic mass is 10.1. The minimum Gasteiger partial charge on any atom is -0.396 e. The van der Waals surface area contributed by atoms with Gasteiger partial charge in [0.05, 0.1) is 6.34 Å². The Labute approximate surface area is 62.2 Å². The molecule has 3 heteroatoms. The summed E-state index contributed by atoms with van der Waals surface area (Å²) in [4.78, 5) is 1.82.